The fourth-order valence-corrected chi connectivity index (χ4v) is 2.99. The van der Waals surface area contributed by atoms with Crippen LogP contribution in [0.5, 0.6) is 0 Å². The predicted molar refractivity (Wildman–Crippen MR) is 115 cm³/mol. The van der Waals surface area contributed by atoms with Crippen LogP contribution in [0.25, 0.3) is 16.9 Å². The molecule has 0 bridgehead atoms. The van der Waals surface area contributed by atoms with Crippen molar-refractivity contribution >= 4 is 12.1 Å². The van der Waals surface area contributed by atoms with Crippen LogP contribution >= 0.6 is 0 Å². The maximum atomic E-state index is 13.7. The largest absolute Gasteiger partial charge is 0.291 e. The van der Waals surface area contributed by atoms with Crippen LogP contribution in [-0.4, -0.2) is 21.9 Å². The number of nitrogens with zero attached hydrogens (tertiary/aromatic N) is 3. The van der Waals surface area contributed by atoms with E-state index in [-0.39, 0.29) is 11.3 Å². The Hall–Kier alpha value is -4.06. The zero-order chi connectivity index (χ0) is 20.9. The molecule has 148 valence electrons. The molecule has 0 fully saturated rings. The molecule has 0 saturated heterocycles. The lowest BCUT2D eigenvalue weighted by Crippen LogP contribution is -2.18. The number of carbonyl (C=O) groups is 1. The summed E-state index contributed by atoms with van der Waals surface area (Å²) in [7, 11) is 0. The van der Waals surface area contributed by atoms with E-state index in [1.165, 1.54) is 12.3 Å². The van der Waals surface area contributed by atoms with Crippen molar-refractivity contribution in [2.75, 3.05) is 0 Å². The highest BCUT2D eigenvalue weighted by Gasteiger charge is 2.16. The Bertz CT molecular complexity index is 1200. The number of halogens is 1. The molecule has 1 heterocycles. The van der Waals surface area contributed by atoms with Crippen molar-refractivity contribution in [3.05, 3.63) is 108 Å². The second-order valence-electron chi connectivity index (χ2n) is 6.75. The molecule has 4 rings (SSSR count). The van der Waals surface area contributed by atoms with Gasteiger partial charge in [0, 0.05) is 11.1 Å². The molecule has 1 amide bonds. The van der Waals surface area contributed by atoms with Crippen LogP contribution < -0.4 is 5.43 Å². The third kappa shape index (κ3) is 4.17. The lowest BCUT2D eigenvalue weighted by atomic mass is 10.1. The first kappa shape index (κ1) is 19.3. The van der Waals surface area contributed by atoms with E-state index >= 15 is 0 Å². The van der Waals surface area contributed by atoms with E-state index in [4.69, 9.17) is 0 Å². The number of para-hydroxylation sites is 1. The van der Waals surface area contributed by atoms with Gasteiger partial charge >= 0.3 is 0 Å². The number of hydrazone groups is 1. The number of hydrogen-bond acceptors (Lipinski definition) is 3. The van der Waals surface area contributed by atoms with E-state index in [1.807, 2.05) is 61.5 Å². The van der Waals surface area contributed by atoms with Crippen LogP contribution in [0.4, 0.5) is 4.39 Å². The molecular weight excluding hydrogens is 379 g/mol. The van der Waals surface area contributed by atoms with Crippen molar-refractivity contribution in [3.63, 3.8) is 0 Å². The molecule has 0 spiro atoms. The van der Waals surface area contributed by atoms with Crippen LogP contribution in [-0.2, 0) is 0 Å². The summed E-state index contributed by atoms with van der Waals surface area (Å²) in [5, 5.41) is 8.34. The van der Waals surface area contributed by atoms with Crippen molar-refractivity contribution in [2.45, 2.75) is 6.92 Å². The lowest BCUT2D eigenvalue weighted by molar-refractivity contribution is 0.0949. The third-order valence-electron chi connectivity index (χ3n) is 4.57. The summed E-state index contributed by atoms with van der Waals surface area (Å²) in [6, 6.07) is 25.5. The topological polar surface area (TPSA) is 59.3 Å². The number of benzene rings is 3. The molecule has 30 heavy (non-hydrogen) atoms. The highest BCUT2D eigenvalue weighted by atomic mass is 19.1. The van der Waals surface area contributed by atoms with E-state index < -0.39 is 11.7 Å². The van der Waals surface area contributed by atoms with Crippen molar-refractivity contribution in [3.8, 4) is 16.9 Å². The van der Waals surface area contributed by atoms with Gasteiger partial charge in [-0.05, 0) is 31.2 Å². The normalized spacial score (nSPS) is 11.0. The first-order chi connectivity index (χ1) is 14.6. The molecule has 0 atom stereocenters. The van der Waals surface area contributed by atoms with E-state index in [0.29, 0.717) is 0 Å². The minimum Gasteiger partial charge on any atom is -0.265 e. The zero-order valence-corrected chi connectivity index (χ0v) is 16.3. The van der Waals surface area contributed by atoms with Gasteiger partial charge in [-0.2, -0.15) is 10.2 Å². The highest BCUT2D eigenvalue weighted by Crippen LogP contribution is 2.24. The van der Waals surface area contributed by atoms with Crippen LogP contribution in [0.3, 0.4) is 0 Å². The van der Waals surface area contributed by atoms with Crippen LogP contribution in [0.15, 0.2) is 90.0 Å². The number of aromatic nitrogens is 2. The van der Waals surface area contributed by atoms with Gasteiger partial charge in [-0.15, -0.1) is 0 Å². The average molecular weight is 398 g/mol. The maximum Gasteiger partial charge on any atom is 0.291 e. The molecule has 1 aromatic heterocycles. The Morgan fingerprint density at radius 2 is 1.70 bits per heavy atom. The molecule has 5 nitrogen and oxygen atoms in total. The smallest absolute Gasteiger partial charge is 0.265 e. The number of aryl methyl sites for hydroxylation is 1. The Morgan fingerprint density at radius 3 is 2.43 bits per heavy atom. The van der Waals surface area contributed by atoms with Crippen molar-refractivity contribution in [2.24, 2.45) is 5.10 Å². The summed E-state index contributed by atoms with van der Waals surface area (Å²) in [6.45, 7) is 2.02. The van der Waals surface area contributed by atoms with E-state index in [2.05, 4.69) is 15.6 Å². The second kappa shape index (κ2) is 8.53. The first-order valence-corrected chi connectivity index (χ1v) is 9.42. The molecule has 3 aromatic carbocycles. The average Bonchev–Trinajstić information content (AvgIpc) is 3.22. The lowest BCUT2D eigenvalue weighted by Gasteiger charge is -2.07. The molecular formula is C24H19FN4O. The van der Waals surface area contributed by atoms with Gasteiger partial charge in [0.05, 0.1) is 17.6 Å². The van der Waals surface area contributed by atoms with Crippen molar-refractivity contribution in [1.29, 1.82) is 0 Å². The minimum absolute atomic E-state index is 0.208. The molecule has 6 heteroatoms. The highest BCUT2D eigenvalue weighted by molar-refractivity contribution is 5.94. The Kier molecular flexibility index (Phi) is 5.48. The molecule has 1 N–H and O–H groups in total. The molecule has 0 unspecified atom stereocenters. The minimum atomic E-state index is -0.481. The molecule has 0 aliphatic heterocycles. The molecule has 0 aliphatic carbocycles. The summed E-state index contributed by atoms with van der Waals surface area (Å²) >= 11 is 0. The summed E-state index contributed by atoms with van der Waals surface area (Å²) < 4.78 is 15.4. The summed E-state index contributed by atoms with van der Waals surface area (Å²) in [6.07, 6.45) is 1.27. The summed E-state index contributed by atoms with van der Waals surface area (Å²) in [5.74, 6) is -0.892. The van der Waals surface area contributed by atoms with Crippen LogP contribution in [0, 0.1) is 12.7 Å². The monoisotopic (exact) mass is 398 g/mol. The Balaban J connectivity index is 1.64. The Morgan fingerprint density at radius 1 is 1.00 bits per heavy atom. The van der Waals surface area contributed by atoms with Crippen LogP contribution in [0.2, 0.25) is 0 Å². The SMILES string of the molecule is Cc1ccc(-c2cc(C(=O)N/N=C\c3ccccc3F)nn2-c2ccccc2)cc1. The van der Waals surface area contributed by atoms with Gasteiger partial charge in [-0.1, -0.05) is 66.2 Å². The van der Waals surface area contributed by atoms with Gasteiger partial charge in [0.15, 0.2) is 5.69 Å². The first-order valence-electron chi connectivity index (χ1n) is 9.42. The van der Waals surface area contributed by atoms with Crippen molar-refractivity contribution in [1.82, 2.24) is 15.2 Å². The van der Waals surface area contributed by atoms with Gasteiger partial charge in [0.1, 0.15) is 5.82 Å². The Labute approximate surface area is 173 Å². The van der Waals surface area contributed by atoms with Crippen LogP contribution in [0.1, 0.15) is 21.6 Å². The number of amides is 1. The number of rotatable bonds is 5. The summed E-state index contributed by atoms with van der Waals surface area (Å²) in [5.41, 5.74) is 6.61. The molecule has 4 aromatic rings. The van der Waals surface area contributed by atoms with Gasteiger partial charge in [-0.3, -0.25) is 4.79 Å². The number of nitrogens with one attached hydrogen (secondary N) is 1. The zero-order valence-electron chi connectivity index (χ0n) is 16.3. The predicted octanol–water partition coefficient (Wildman–Crippen LogP) is 4.75. The number of hydrogen-bond donors (Lipinski definition) is 1. The third-order valence-corrected chi connectivity index (χ3v) is 4.57. The second-order valence-corrected chi connectivity index (χ2v) is 6.75. The van der Waals surface area contributed by atoms with Crippen molar-refractivity contribution < 1.29 is 9.18 Å². The van der Waals surface area contributed by atoms with Gasteiger partial charge in [-0.25, -0.2) is 14.5 Å². The molecule has 0 saturated carbocycles. The van der Waals surface area contributed by atoms with E-state index in [1.54, 1.807) is 28.9 Å². The van der Waals surface area contributed by atoms with Gasteiger partial charge in [0.25, 0.3) is 5.91 Å². The molecule has 0 aliphatic rings. The van der Waals surface area contributed by atoms with Gasteiger partial charge < -0.3 is 0 Å². The fraction of sp³-hybridized carbons (Fsp3) is 0.0417. The summed E-state index contributed by atoms with van der Waals surface area (Å²) in [4.78, 5) is 12.6. The number of carbonyl (C=O) groups excluding carboxylic acids is 1. The van der Waals surface area contributed by atoms with E-state index in [0.717, 1.165) is 22.5 Å². The maximum absolute atomic E-state index is 13.7. The quantitative estimate of drug-likeness (QED) is 0.390. The fourth-order valence-electron chi connectivity index (χ4n) is 2.99. The van der Waals surface area contributed by atoms with Gasteiger partial charge in [0.2, 0.25) is 0 Å². The standard InChI is InChI=1S/C24H19FN4O/c1-17-11-13-18(14-12-17)23-15-22(28-29(23)20-8-3-2-4-9-20)24(30)27-26-16-19-7-5-6-10-21(19)25/h2-16H,1H3,(H,27,30)/b26-16-. The van der Waals surface area contributed by atoms with E-state index in [9.17, 15) is 9.18 Å². The molecule has 0 radical (unpaired) electrons.